The van der Waals surface area contributed by atoms with Gasteiger partial charge >= 0.3 is 0 Å². The number of anilines is 1. The van der Waals surface area contributed by atoms with Gasteiger partial charge in [-0.1, -0.05) is 30.3 Å². The van der Waals surface area contributed by atoms with Crippen LogP contribution in [0.15, 0.2) is 59.1 Å². The summed E-state index contributed by atoms with van der Waals surface area (Å²) in [5.74, 6) is -0.0545. The number of ether oxygens (including phenoxy) is 1. The Balaban J connectivity index is 1.79. The molecule has 0 radical (unpaired) electrons. The molecule has 0 bridgehead atoms. The average Bonchev–Trinajstić information content (AvgIpc) is 2.55. The van der Waals surface area contributed by atoms with Crippen molar-refractivity contribution in [2.45, 2.75) is 13.0 Å². The molecule has 0 heterocycles. The lowest BCUT2D eigenvalue weighted by Crippen LogP contribution is -2.40. The van der Waals surface area contributed by atoms with Gasteiger partial charge in [0.05, 0.1) is 12.2 Å². The number of amides is 2. The minimum Gasteiger partial charge on any atom is -0.481 e. The highest BCUT2D eigenvalue weighted by atomic mass is 79.9. The van der Waals surface area contributed by atoms with Gasteiger partial charge in [-0.2, -0.15) is 0 Å². The van der Waals surface area contributed by atoms with Crippen molar-refractivity contribution in [1.82, 2.24) is 5.32 Å². The van der Waals surface area contributed by atoms with Crippen LogP contribution in [0.5, 0.6) is 5.75 Å². The summed E-state index contributed by atoms with van der Waals surface area (Å²) in [5.41, 5.74) is 0.653. The molecule has 120 valence electrons. The molecule has 0 aromatic heterocycles. The van der Waals surface area contributed by atoms with Crippen molar-refractivity contribution in [1.29, 1.82) is 0 Å². The number of halogens is 1. The van der Waals surface area contributed by atoms with E-state index < -0.39 is 6.10 Å². The van der Waals surface area contributed by atoms with Crippen LogP contribution in [0.4, 0.5) is 5.69 Å². The number of carbonyl (C=O) groups is 2. The molecule has 0 fully saturated rings. The fraction of sp³-hybridized carbons (Fsp3) is 0.176. The first-order chi connectivity index (χ1) is 11.1. The van der Waals surface area contributed by atoms with Gasteiger partial charge in [0.25, 0.3) is 5.91 Å². The Hall–Kier alpha value is -2.34. The minimum absolute atomic E-state index is 0.122. The number of para-hydroxylation sites is 2. The number of rotatable bonds is 6. The Morgan fingerprint density at radius 3 is 2.43 bits per heavy atom. The SMILES string of the molecule is CC(Oc1ccccc1)C(=O)NCC(=O)Nc1ccccc1Br. The Kier molecular flexibility index (Phi) is 6.17. The molecule has 0 aliphatic heterocycles. The molecule has 2 aromatic carbocycles. The second kappa shape index (κ2) is 8.33. The minimum atomic E-state index is -0.686. The van der Waals surface area contributed by atoms with Gasteiger partial charge in [0.1, 0.15) is 5.75 Å². The van der Waals surface area contributed by atoms with Crippen LogP contribution in [-0.2, 0) is 9.59 Å². The van der Waals surface area contributed by atoms with E-state index in [-0.39, 0.29) is 18.4 Å². The smallest absolute Gasteiger partial charge is 0.261 e. The topological polar surface area (TPSA) is 67.4 Å². The van der Waals surface area contributed by atoms with Crippen molar-refractivity contribution in [2.24, 2.45) is 0 Å². The maximum Gasteiger partial charge on any atom is 0.261 e. The highest BCUT2D eigenvalue weighted by molar-refractivity contribution is 9.10. The van der Waals surface area contributed by atoms with E-state index in [1.807, 2.05) is 36.4 Å². The molecule has 2 aromatic rings. The highest BCUT2D eigenvalue weighted by Gasteiger charge is 2.15. The predicted molar refractivity (Wildman–Crippen MR) is 92.3 cm³/mol. The third-order valence-corrected chi connectivity index (χ3v) is 3.69. The largest absolute Gasteiger partial charge is 0.481 e. The summed E-state index contributed by atoms with van der Waals surface area (Å²) in [4.78, 5) is 23.8. The highest BCUT2D eigenvalue weighted by Crippen LogP contribution is 2.20. The van der Waals surface area contributed by atoms with E-state index in [2.05, 4.69) is 26.6 Å². The fourth-order valence-corrected chi connectivity index (χ4v) is 2.21. The van der Waals surface area contributed by atoms with E-state index in [1.165, 1.54) is 0 Å². The van der Waals surface area contributed by atoms with Crippen molar-refractivity contribution in [3.63, 3.8) is 0 Å². The van der Waals surface area contributed by atoms with Gasteiger partial charge in [-0.3, -0.25) is 9.59 Å². The number of benzene rings is 2. The Morgan fingerprint density at radius 2 is 1.74 bits per heavy atom. The van der Waals surface area contributed by atoms with Crippen molar-refractivity contribution < 1.29 is 14.3 Å². The van der Waals surface area contributed by atoms with Crippen molar-refractivity contribution >= 4 is 33.4 Å². The molecule has 0 aliphatic carbocycles. The summed E-state index contributed by atoms with van der Waals surface area (Å²) in [5, 5.41) is 5.26. The Morgan fingerprint density at radius 1 is 1.09 bits per heavy atom. The normalized spacial score (nSPS) is 11.4. The first-order valence-electron chi connectivity index (χ1n) is 7.10. The van der Waals surface area contributed by atoms with Crippen LogP contribution in [0.2, 0.25) is 0 Å². The summed E-state index contributed by atoms with van der Waals surface area (Å²) < 4.78 is 6.27. The molecule has 23 heavy (non-hydrogen) atoms. The molecule has 1 atom stereocenters. The molecule has 6 heteroatoms. The van der Waals surface area contributed by atoms with Gasteiger partial charge in [-0.05, 0) is 47.1 Å². The lowest BCUT2D eigenvalue weighted by Gasteiger charge is -2.14. The summed E-state index contributed by atoms with van der Waals surface area (Å²) in [6, 6.07) is 16.3. The van der Waals surface area contributed by atoms with E-state index in [9.17, 15) is 9.59 Å². The summed E-state index contributed by atoms with van der Waals surface area (Å²) >= 11 is 3.34. The summed E-state index contributed by atoms with van der Waals surface area (Å²) in [6.45, 7) is 1.51. The van der Waals surface area contributed by atoms with Crippen LogP contribution in [0.3, 0.4) is 0 Å². The lowest BCUT2D eigenvalue weighted by atomic mass is 10.3. The number of hydrogen-bond acceptors (Lipinski definition) is 3. The van der Waals surface area contributed by atoms with Crippen LogP contribution in [0.1, 0.15) is 6.92 Å². The first-order valence-corrected chi connectivity index (χ1v) is 7.89. The molecule has 5 nitrogen and oxygen atoms in total. The first kappa shape index (κ1) is 17.0. The Labute approximate surface area is 143 Å². The quantitative estimate of drug-likeness (QED) is 0.814. The summed E-state index contributed by atoms with van der Waals surface area (Å²) in [6.07, 6.45) is -0.686. The zero-order valence-electron chi connectivity index (χ0n) is 12.6. The predicted octanol–water partition coefficient (Wildman–Crippen LogP) is 2.97. The molecule has 2 rings (SSSR count). The molecular formula is C17H17BrN2O3. The van der Waals surface area contributed by atoms with Crippen LogP contribution in [0, 0.1) is 0 Å². The van der Waals surface area contributed by atoms with E-state index >= 15 is 0 Å². The van der Waals surface area contributed by atoms with Gasteiger partial charge in [0.2, 0.25) is 5.91 Å². The standard InChI is InChI=1S/C17H17BrN2O3/c1-12(23-13-7-3-2-4-8-13)17(22)19-11-16(21)20-15-10-6-5-9-14(15)18/h2-10,12H,11H2,1H3,(H,19,22)(H,20,21). The van der Waals surface area contributed by atoms with E-state index in [0.717, 1.165) is 4.47 Å². The van der Waals surface area contributed by atoms with Gasteiger partial charge in [0, 0.05) is 4.47 Å². The lowest BCUT2D eigenvalue weighted by molar-refractivity contribution is -0.129. The average molecular weight is 377 g/mol. The van der Waals surface area contributed by atoms with Crippen LogP contribution in [-0.4, -0.2) is 24.5 Å². The van der Waals surface area contributed by atoms with Gasteiger partial charge in [0.15, 0.2) is 6.10 Å². The molecular weight excluding hydrogens is 360 g/mol. The maximum atomic E-state index is 11.9. The number of carbonyl (C=O) groups excluding carboxylic acids is 2. The molecule has 1 unspecified atom stereocenters. The fourth-order valence-electron chi connectivity index (χ4n) is 1.82. The molecule has 2 amide bonds. The zero-order chi connectivity index (χ0) is 16.7. The van der Waals surface area contributed by atoms with E-state index in [4.69, 9.17) is 4.74 Å². The molecule has 0 aliphatic rings. The number of nitrogens with one attached hydrogen (secondary N) is 2. The van der Waals surface area contributed by atoms with Gasteiger partial charge in [-0.15, -0.1) is 0 Å². The molecule has 0 saturated heterocycles. The van der Waals surface area contributed by atoms with Crippen LogP contribution in [0.25, 0.3) is 0 Å². The van der Waals surface area contributed by atoms with E-state index in [1.54, 1.807) is 25.1 Å². The van der Waals surface area contributed by atoms with E-state index in [0.29, 0.717) is 11.4 Å². The van der Waals surface area contributed by atoms with Crippen molar-refractivity contribution in [3.05, 3.63) is 59.1 Å². The second-order valence-electron chi connectivity index (χ2n) is 4.82. The van der Waals surface area contributed by atoms with Gasteiger partial charge < -0.3 is 15.4 Å². The molecule has 0 spiro atoms. The van der Waals surface area contributed by atoms with Crippen molar-refractivity contribution in [3.8, 4) is 5.75 Å². The van der Waals surface area contributed by atoms with Crippen LogP contribution < -0.4 is 15.4 Å². The number of hydrogen-bond donors (Lipinski definition) is 2. The molecule has 0 saturated carbocycles. The third kappa shape index (κ3) is 5.41. The monoisotopic (exact) mass is 376 g/mol. The molecule has 2 N–H and O–H groups in total. The summed E-state index contributed by atoms with van der Waals surface area (Å²) in [7, 11) is 0. The third-order valence-electron chi connectivity index (χ3n) is 3.00. The van der Waals surface area contributed by atoms with Gasteiger partial charge in [-0.25, -0.2) is 0 Å². The zero-order valence-corrected chi connectivity index (χ0v) is 14.2. The Bertz CT molecular complexity index is 677. The van der Waals surface area contributed by atoms with Crippen LogP contribution >= 0.6 is 15.9 Å². The second-order valence-corrected chi connectivity index (χ2v) is 5.67. The van der Waals surface area contributed by atoms with Crippen molar-refractivity contribution in [2.75, 3.05) is 11.9 Å². The maximum absolute atomic E-state index is 11.9.